The molecule has 1 amide bonds. The Bertz CT molecular complexity index is 437. The molecular weight excluding hydrogens is 236 g/mol. The normalized spacial score (nSPS) is 12.8. The molecule has 1 rings (SSSR count). The number of nitrogens with one attached hydrogen (secondary N) is 2. The molecule has 0 fully saturated rings. The van der Waals surface area contributed by atoms with Gasteiger partial charge >= 0.3 is 0 Å². The molecule has 1 unspecified atom stereocenters. The van der Waals surface area contributed by atoms with Crippen molar-refractivity contribution in [3.63, 3.8) is 0 Å². The van der Waals surface area contributed by atoms with Crippen molar-refractivity contribution in [3.05, 3.63) is 48.0 Å². The van der Waals surface area contributed by atoms with Gasteiger partial charge < -0.3 is 5.32 Å². The molecule has 0 saturated heterocycles. The predicted molar refractivity (Wildman–Crippen MR) is 79.6 cm³/mol. The highest BCUT2D eigenvalue weighted by Crippen LogP contribution is 2.20. The molecule has 19 heavy (non-hydrogen) atoms. The molecule has 1 aromatic carbocycles. The maximum Gasteiger partial charge on any atom is 0.247 e. The fourth-order valence-electron chi connectivity index (χ4n) is 1.90. The zero-order valence-electron chi connectivity index (χ0n) is 12.3. The first kappa shape index (κ1) is 15.4. The van der Waals surface area contributed by atoms with Crippen LogP contribution >= 0.6 is 0 Å². The van der Waals surface area contributed by atoms with Gasteiger partial charge in [-0.1, -0.05) is 43.8 Å². The summed E-state index contributed by atoms with van der Waals surface area (Å²) in [6.07, 6.45) is 0.745. The van der Waals surface area contributed by atoms with Gasteiger partial charge in [-0.3, -0.25) is 10.1 Å². The molecule has 1 atom stereocenters. The van der Waals surface area contributed by atoms with E-state index in [0.717, 1.165) is 6.42 Å². The Morgan fingerprint density at radius 1 is 1.32 bits per heavy atom. The third-order valence-corrected chi connectivity index (χ3v) is 3.13. The Kier molecular flexibility index (Phi) is 5.31. The average molecular weight is 260 g/mol. The lowest BCUT2D eigenvalue weighted by molar-refractivity contribution is -0.118. The third kappa shape index (κ3) is 4.52. The van der Waals surface area contributed by atoms with Gasteiger partial charge in [-0.25, -0.2) is 0 Å². The lowest BCUT2D eigenvalue weighted by atomic mass is 9.94. The van der Waals surface area contributed by atoms with Crippen LogP contribution in [0.25, 0.3) is 0 Å². The molecule has 1 aromatic rings. The molecule has 104 valence electrons. The van der Waals surface area contributed by atoms with E-state index in [2.05, 4.69) is 43.2 Å². The van der Waals surface area contributed by atoms with E-state index in [1.807, 2.05) is 25.1 Å². The molecule has 3 heteroatoms. The highest BCUT2D eigenvalue weighted by molar-refractivity contribution is 5.92. The van der Waals surface area contributed by atoms with Gasteiger partial charge in [0, 0.05) is 11.1 Å². The Hall–Kier alpha value is -1.61. The molecule has 0 aliphatic carbocycles. The first-order valence-corrected chi connectivity index (χ1v) is 6.66. The molecule has 0 aromatic heterocycles. The standard InChI is InChI=1S/C16H24N2O/c1-6-14(17-15(19)12(2)3)18-16(4,5)13-10-8-7-9-11-13/h7-11,14,18H,2,6H2,1,3-5H3,(H,17,19). The molecule has 0 bridgehead atoms. The van der Waals surface area contributed by atoms with Crippen molar-refractivity contribution in [2.75, 3.05) is 0 Å². The van der Waals surface area contributed by atoms with Crippen LogP contribution in [0.2, 0.25) is 0 Å². The van der Waals surface area contributed by atoms with Gasteiger partial charge in [0.25, 0.3) is 0 Å². The van der Waals surface area contributed by atoms with Crippen molar-refractivity contribution in [1.82, 2.24) is 10.6 Å². The Balaban J connectivity index is 2.75. The number of carbonyl (C=O) groups excluding carboxylic acids is 1. The zero-order chi connectivity index (χ0) is 14.5. The summed E-state index contributed by atoms with van der Waals surface area (Å²) in [5.74, 6) is -0.108. The van der Waals surface area contributed by atoms with Crippen molar-refractivity contribution >= 4 is 5.91 Å². The molecule has 0 spiro atoms. The highest BCUT2D eigenvalue weighted by Gasteiger charge is 2.24. The minimum absolute atomic E-state index is 0.0700. The number of hydrogen-bond acceptors (Lipinski definition) is 2. The highest BCUT2D eigenvalue weighted by atomic mass is 16.1. The van der Waals surface area contributed by atoms with Crippen LogP contribution in [-0.4, -0.2) is 12.1 Å². The maximum absolute atomic E-state index is 11.7. The van der Waals surface area contributed by atoms with E-state index in [0.29, 0.717) is 5.57 Å². The lowest BCUT2D eigenvalue weighted by Gasteiger charge is -2.32. The van der Waals surface area contributed by atoms with Crippen LogP contribution in [0.15, 0.2) is 42.5 Å². The van der Waals surface area contributed by atoms with Crippen LogP contribution in [0.1, 0.15) is 39.7 Å². The van der Waals surface area contributed by atoms with E-state index >= 15 is 0 Å². The quantitative estimate of drug-likeness (QED) is 0.610. The zero-order valence-corrected chi connectivity index (χ0v) is 12.3. The molecule has 3 nitrogen and oxygen atoms in total. The van der Waals surface area contributed by atoms with Gasteiger partial charge in [0.05, 0.1) is 6.17 Å². The lowest BCUT2D eigenvalue weighted by Crippen LogP contribution is -2.52. The molecule has 2 N–H and O–H groups in total. The summed E-state index contributed by atoms with van der Waals surface area (Å²) in [7, 11) is 0. The molecular formula is C16H24N2O. The number of rotatable bonds is 6. The SMILES string of the molecule is C=C(C)C(=O)NC(CC)NC(C)(C)c1ccccc1. The van der Waals surface area contributed by atoms with E-state index in [-0.39, 0.29) is 17.6 Å². The van der Waals surface area contributed by atoms with Crippen molar-refractivity contribution in [2.45, 2.75) is 45.8 Å². The van der Waals surface area contributed by atoms with Gasteiger partial charge in [-0.15, -0.1) is 0 Å². The molecule has 0 aliphatic rings. The van der Waals surface area contributed by atoms with Crippen LogP contribution < -0.4 is 10.6 Å². The minimum atomic E-state index is -0.204. The Morgan fingerprint density at radius 3 is 2.37 bits per heavy atom. The summed E-state index contributed by atoms with van der Waals surface area (Å²) in [5.41, 5.74) is 1.51. The van der Waals surface area contributed by atoms with Crippen molar-refractivity contribution < 1.29 is 4.79 Å². The number of benzene rings is 1. The average Bonchev–Trinajstić information content (AvgIpc) is 2.38. The third-order valence-electron chi connectivity index (χ3n) is 3.13. The second kappa shape index (κ2) is 6.53. The second-order valence-corrected chi connectivity index (χ2v) is 5.35. The first-order chi connectivity index (χ1) is 8.86. The molecule has 0 radical (unpaired) electrons. The van der Waals surface area contributed by atoms with E-state index in [4.69, 9.17) is 0 Å². The minimum Gasteiger partial charge on any atom is -0.337 e. The fraction of sp³-hybridized carbons (Fsp3) is 0.438. The van der Waals surface area contributed by atoms with E-state index < -0.39 is 0 Å². The van der Waals surface area contributed by atoms with Crippen LogP contribution in [0, 0.1) is 0 Å². The topological polar surface area (TPSA) is 41.1 Å². The number of carbonyl (C=O) groups is 1. The van der Waals surface area contributed by atoms with Gasteiger partial charge in [-0.2, -0.15) is 0 Å². The van der Waals surface area contributed by atoms with E-state index in [1.165, 1.54) is 5.56 Å². The van der Waals surface area contributed by atoms with Crippen LogP contribution in [0.3, 0.4) is 0 Å². The second-order valence-electron chi connectivity index (χ2n) is 5.35. The summed E-state index contributed by atoms with van der Waals surface area (Å²) in [6, 6.07) is 10.2. The molecule has 0 heterocycles. The molecule has 0 saturated carbocycles. The van der Waals surface area contributed by atoms with Gasteiger partial charge in [0.15, 0.2) is 0 Å². The Morgan fingerprint density at radius 2 is 1.89 bits per heavy atom. The number of amides is 1. The van der Waals surface area contributed by atoms with Gasteiger partial charge in [0.1, 0.15) is 0 Å². The Labute approximate surface area is 116 Å². The summed E-state index contributed by atoms with van der Waals surface area (Å²) in [6.45, 7) is 11.6. The smallest absolute Gasteiger partial charge is 0.247 e. The van der Waals surface area contributed by atoms with Crippen molar-refractivity contribution in [1.29, 1.82) is 0 Å². The van der Waals surface area contributed by atoms with Crippen molar-refractivity contribution in [3.8, 4) is 0 Å². The number of hydrogen-bond donors (Lipinski definition) is 2. The van der Waals surface area contributed by atoms with E-state index in [9.17, 15) is 4.79 Å². The summed E-state index contributed by atoms with van der Waals surface area (Å²) < 4.78 is 0. The molecule has 0 aliphatic heterocycles. The van der Waals surface area contributed by atoms with Crippen LogP contribution in [0.5, 0.6) is 0 Å². The van der Waals surface area contributed by atoms with Crippen LogP contribution in [-0.2, 0) is 10.3 Å². The maximum atomic E-state index is 11.7. The van der Waals surface area contributed by atoms with Gasteiger partial charge in [0.2, 0.25) is 5.91 Å². The predicted octanol–water partition coefficient (Wildman–Crippen LogP) is 2.94. The van der Waals surface area contributed by atoms with E-state index in [1.54, 1.807) is 6.92 Å². The first-order valence-electron chi connectivity index (χ1n) is 6.66. The summed E-state index contributed by atoms with van der Waals surface area (Å²) in [5, 5.41) is 6.41. The van der Waals surface area contributed by atoms with Gasteiger partial charge in [-0.05, 0) is 32.8 Å². The summed E-state index contributed by atoms with van der Waals surface area (Å²) >= 11 is 0. The summed E-state index contributed by atoms with van der Waals surface area (Å²) in [4.78, 5) is 11.7. The van der Waals surface area contributed by atoms with Crippen LogP contribution in [0.4, 0.5) is 0 Å². The monoisotopic (exact) mass is 260 g/mol. The largest absolute Gasteiger partial charge is 0.337 e. The fourth-order valence-corrected chi connectivity index (χ4v) is 1.90. The van der Waals surface area contributed by atoms with Crippen molar-refractivity contribution in [2.24, 2.45) is 0 Å².